The highest BCUT2D eigenvalue weighted by atomic mass is 35.5. The molecule has 0 amide bonds. The van der Waals surface area contributed by atoms with Gasteiger partial charge in [0.25, 0.3) is 0 Å². The van der Waals surface area contributed by atoms with E-state index in [0.29, 0.717) is 29.0 Å². The predicted molar refractivity (Wildman–Crippen MR) is 87.5 cm³/mol. The molecule has 0 saturated heterocycles. The number of aliphatic imine (C=N–C) groups is 1. The third kappa shape index (κ3) is 3.72. The van der Waals surface area contributed by atoms with E-state index >= 15 is 0 Å². The number of pyridine rings is 1. The van der Waals surface area contributed by atoms with E-state index < -0.39 is 11.7 Å². The minimum absolute atomic E-state index is 0.134. The minimum Gasteiger partial charge on any atom is -0.257 e. The van der Waals surface area contributed by atoms with Gasteiger partial charge in [-0.2, -0.15) is 13.2 Å². The van der Waals surface area contributed by atoms with E-state index in [9.17, 15) is 13.2 Å². The number of hydrogen-bond donors (Lipinski definition) is 0. The topological polar surface area (TPSA) is 25.2 Å². The summed E-state index contributed by atoms with van der Waals surface area (Å²) in [6.45, 7) is 5.14. The fourth-order valence-electron chi connectivity index (χ4n) is 2.20. The average molecular weight is 341 g/mol. The number of halogens is 4. The molecule has 2 nitrogen and oxygen atoms in total. The van der Waals surface area contributed by atoms with Crippen molar-refractivity contribution in [1.82, 2.24) is 4.98 Å². The SMILES string of the molecule is CCC(C)=Nc1c(C)c(-c2ccccn2)cc(Cl)c1C(F)(F)F. The lowest BCUT2D eigenvalue weighted by atomic mass is 9.98. The highest BCUT2D eigenvalue weighted by Crippen LogP contribution is 2.46. The molecule has 0 bridgehead atoms. The molecule has 0 saturated carbocycles. The van der Waals surface area contributed by atoms with Gasteiger partial charge in [-0.15, -0.1) is 0 Å². The largest absolute Gasteiger partial charge is 0.419 e. The maximum absolute atomic E-state index is 13.4. The van der Waals surface area contributed by atoms with Gasteiger partial charge in [0.05, 0.1) is 16.4 Å². The summed E-state index contributed by atoms with van der Waals surface area (Å²) in [7, 11) is 0. The van der Waals surface area contributed by atoms with Crippen molar-refractivity contribution in [3.8, 4) is 11.3 Å². The summed E-state index contributed by atoms with van der Waals surface area (Å²) in [6, 6.07) is 6.55. The molecule has 0 N–H and O–H groups in total. The number of rotatable bonds is 3. The molecule has 0 unspecified atom stereocenters. The van der Waals surface area contributed by atoms with Crippen LogP contribution in [0.3, 0.4) is 0 Å². The molecule has 0 aliphatic rings. The zero-order valence-corrected chi connectivity index (χ0v) is 13.8. The summed E-state index contributed by atoms with van der Waals surface area (Å²) in [5, 5.41) is -0.369. The van der Waals surface area contributed by atoms with E-state index in [1.54, 1.807) is 38.2 Å². The van der Waals surface area contributed by atoms with Crippen LogP contribution in [0.4, 0.5) is 18.9 Å². The lowest BCUT2D eigenvalue weighted by Crippen LogP contribution is -2.08. The van der Waals surface area contributed by atoms with E-state index in [1.807, 2.05) is 6.92 Å². The van der Waals surface area contributed by atoms with E-state index in [2.05, 4.69) is 9.98 Å². The average Bonchev–Trinajstić information content (AvgIpc) is 2.49. The first kappa shape index (κ1) is 17.5. The van der Waals surface area contributed by atoms with Crippen LogP contribution in [0.5, 0.6) is 0 Å². The van der Waals surface area contributed by atoms with Crippen molar-refractivity contribution < 1.29 is 13.2 Å². The first-order valence-electron chi connectivity index (χ1n) is 7.11. The third-order valence-electron chi connectivity index (χ3n) is 3.54. The van der Waals surface area contributed by atoms with Gasteiger partial charge in [-0.3, -0.25) is 9.98 Å². The summed E-state index contributed by atoms with van der Waals surface area (Å²) >= 11 is 5.95. The minimum atomic E-state index is -4.57. The first-order chi connectivity index (χ1) is 10.8. The Hall–Kier alpha value is -1.88. The van der Waals surface area contributed by atoms with Gasteiger partial charge in [0, 0.05) is 17.5 Å². The number of nitrogens with zero attached hydrogens (tertiary/aromatic N) is 2. The van der Waals surface area contributed by atoms with Crippen molar-refractivity contribution in [2.75, 3.05) is 0 Å². The molecule has 2 rings (SSSR count). The van der Waals surface area contributed by atoms with Gasteiger partial charge in [-0.05, 0) is 44.0 Å². The third-order valence-corrected chi connectivity index (χ3v) is 3.84. The molecule has 1 aromatic heterocycles. The lowest BCUT2D eigenvalue weighted by Gasteiger charge is -2.18. The van der Waals surface area contributed by atoms with Crippen LogP contribution in [-0.4, -0.2) is 10.7 Å². The standard InChI is InChI=1S/C17H16ClF3N2/c1-4-10(2)23-16-11(3)12(14-7-5-6-8-22-14)9-13(18)15(16)17(19,20)21/h5-9H,4H2,1-3H3. The maximum Gasteiger partial charge on any atom is 0.419 e. The molecule has 2 aromatic rings. The number of alkyl halides is 3. The normalized spacial score (nSPS) is 12.6. The van der Waals surface area contributed by atoms with Crippen molar-refractivity contribution in [2.45, 2.75) is 33.4 Å². The first-order valence-corrected chi connectivity index (χ1v) is 7.49. The summed E-state index contributed by atoms with van der Waals surface area (Å²) in [5.74, 6) is 0. The molecule has 122 valence electrons. The Morgan fingerprint density at radius 2 is 2.00 bits per heavy atom. The predicted octanol–water partition coefficient (Wildman–Crippen LogP) is 6.23. The number of benzene rings is 1. The highest BCUT2D eigenvalue weighted by Gasteiger charge is 2.37. The van der Waals surface area contributed by atoms with Crippen LogP contribution in [0, 0.1) is 6.92 Å². The fourth-order valence-corrected chi connectivity index (χ4v) is 2.51. The lowest BCUT2D eigenvalue weighted by molar-refractivity contribution is -0.136. The van der Waals surface area contributed by atoms with Crippen molar-refractivity contribution in [2.24, 2.45) is 4.99 Å². The van der Waals surface area contributed by atoms with Gasteiger partial charge in [0.15, 0.2) is 0 Å². The summed E-state index contributed by atoms with van der Waals surface area (Å²) < 4.78 is 40.2. The second kappa shape index (κ2) is 6.71. The van der Waals surface area contributed by atoms with E-state index in [0.717, 1.165) is 0 Å². The number of hydrogen-bond acceptors (Lipinski definition) is 2. The van der Waals surface area contributed by atoms with Crippen molar-refractivity contribution in [3.63, 3.8) is 0 Å². The molecule has 6 heteroatoms. The van der Waals surface area contributed by atoms with Crippen LogP contribution < -0.4 is 0 Å². The van der Waals surface area contributed by atoms with Crippen molar-refractivity contribution in [3.05, 3.63) is 46.6 Å². The smallest absolute Gasteiger partial charge is 0.257 e. The van der Waals surface area contributed by atoms with Gasteiger partial charge in [-0.25, -0.2) is 0 Å². The van der Waals surface area contributed by atoms with Gasteiger partial charge in [-0.1, -0.05) is 24.6 Å². The van der Waals surface area contributed by atoms with E-state index in [4.69, 9.17) is 11.6 Å². The zero-order valence-electron chi connectivity index (χ0n) is 13.0. The van der Waals surface area contributed by atoms with Gasteiger partial charge in [0.2, 0.25) is 0 Å². The molecule has 0 atom stereocenters. The van der Waals surface area contributed by atoms with Gasteiger partial charge >= 0.3 is 6.18 Å². The molecule has 0 aliphatic carbocycles. The van der Waals surface area contributed by atoms with Crippen LogP contribution in [0.25, 0.3) is 11.3 Å². The highest BCUT2D eigenvalue weighted by molar-refractivity contribution is 6.32. The molecule has 0 radical (unpaired) electrons. The van der Waals surface area contributed by atoms with Crippen LogP contribution in [-0.2, 0) is 6.18 Å². The second-order valence-corrected chi connectivity index (χ2v) is 5.58. The molecule has 0 fully saturated rings. The van der Waals surface area contributed by atoms with Gasteiger partial charge in [0.1, 0.15) is 5.56 Å². The van der Waals surface area contributed by atoms with Crippen molar-refractivity contribution >= 4 is 23.0 Å². The Kier molecular flexibility index (Phi) is 5.09. The Morgan fingerprint density at radius 3 is 2.52 bits per heavy atom. The molecule has 1 heterocycles. The Balaban J connectivity index is 2.81. The summed E-state index contributed by atoms with van der Waals surface area (Å²) in [4.78, 5) is 8.37. The van der Waals surface area contributed by atoms with Crippen molar-refractivity contribution in [1.29, 1.82) is 0 Å². The molecular weight excluding hydrogens is 325 g/mol. The maximum atomic E-state index is 13.4. The van der Waals surface area contributed by atoms with Crippen LogP contribution in [0.15, 0.2) is 35.5 Å². The van der Waals surface area contributed by atoms with Crippen LogP contribution >= 0.6 is 11.6 Å². The summed E-state index contributed by atoms with van der Waals surface area (Å²) in [6.07, 6.45) is -2.43. The Morgan fingerprint density at radius 1 is 1.30 bits per heavy atom. The number of aromatic nitrogens is 1. The fraction of sp³-hybridized carbons (Fsp3) is 0.294. The van der Waals surface area contributed by atoms with Gasteiger partial charge < -0.3 is 0 Å². The molecular formula is C17H16ClF3N2. The van der Waals surface area contributed by atoms with Crippen LogP contribution in [0.2, 0.25) is 5.02 Å². The molecule has 0 spiro atoms. The van der Waals surface area contributed by atoms with E-state index in [-0.39, 0.29) is 10.7 Å². The Bertz CT molecular complexity index is 738. The molecule has 1 aromatic carbocycles. The second-order valence-electron chi connectivity index (χ2n) is 5.17. The monoisotopic (exact) mass is 340 g/mol. The zero-order chi connectivity index (χ0) is 17.2. The Labute approximate surface area is 138 Å². The molecule has 23 heavy (non-hydrogen) atoms. The molecule has 0 aliphatic heterocycles. The quantitative estimate of drug-likeness (QED) is 0.608. The van der Waals surface area contributed by atoms with E-state index in [1.165, 1.54) is 6.07 Å². The van der Waals surface area contributed by atoms with Crippen LogP contribution in [0.1, 0.15) is 31.4 Å². The summed E-state index contributed by atoms with van der Waals surface area (Å²) in [5.41, 5.74) is 1.09.